The smallest absolute Gasteiger partial charge is 0.160 e. The number of hydrogen-bond donors (Lipinski definition) is 1. The molecule has 2 aromatic rings. The van der Waals surface area contributed by atoms with Gasteiger partial charge in [0, 0.05) is 12.2 Å². The summed E-state index contributed by atoms with van der Waals surface area (Å²) >= 11 is 2.20. The van der Waals surface area contributed by atoms with Crippen molar-refractivity contribution in [2.24, 2.45) is 0 Å². The van der Waals surface area contributed by atoms with Crippen LogP contribution in [-0.2, 0) is 4.74 Å². The van der Waals surface area contributed by atoms with Crippen molar-refractivity contribution in [2.75, 3.05) is 12.3 Å². The summed E-state index contributed by atoms with van der Waals surface area (Å²) in [5.41, 5.74) is 7.99. The molecule has 4 nitrogen and oxygen atoms in total. The van der Waals surface area contributed by atoms with Gasteiger partial charge in [0.2, 0.25) is 0 Å². The number of benzene rings is 1. The van der Waals surface area contributed by atoms with Crippen molar-refractivity contribution >= 4 is 28.4 Å². The van der Waals surface area contributed by atoms with Crippen LogP contribution < -0.4 is 5.73 Å². The van der Waals surface area contributed by atoms with E-state index in [2.05, 4.69) is 34.5 Å². The fourth-order valence-electron chi connectivity index (χ4n) is 2.16. The van der Waals surface area contributed by atoms with E-state index in [1.807, 2.05) is 37.3 Å². The molecule has 1 unspecified atom stereocenters. The molecule has 0 spiro atoms. The summed E-state index contributed by atoms with van der Waals surface area (Å²) in [5.74, 6) is 1.19. The number of nitrogens with zero attached hydrogens (tertiary/aromatic N) is 2. The fourth-order valence-corrected chi connectivity index (χ4v) is 2.72. The van der Waals surface area contributed by atoms with Gasteiger partial charge in [0.15, 0.2) is 5.82 Å². The van der Waals surface area contributed by atoms with Crippen LogP contribution in [-0.4, -0.2) is 16.6 Å². The number of nitrogen functional groups attached to an aromatic ring is 1. The molecule has 21 heavy (non-hydrogen) atoms. The molecular formula is C16H20IN3O. The Bertz CT molecular complexity index is 584. The molecular weight excluding hydrogens is 377 g/mol. The molecule has 0 aliphatic carbocycles. The Morgan fingerprint density at radius 3 is 2.52 bits per heavy atom. The molecule has 0 amide bonds. The van der Waals surface area contributed by atoms with E-state index in [-0.39, 0.29) is 6.10 Å². The SMILES string of the molecule is CCCC(OCC)c1nc(N)c(I)c(-c2ccccc2)n1. The largest absolute Gasteiger partial charge is 0.383 e. The maximum absolute atomic E-state index is 6.07. The predicted molar refractivity (Wildman–Crippen MR) is 93.9 cm³/mol. The summed E-state index contributed by atoms with van der Waals surface area (Å²) < 4.78 is 6.65. The van der Waals surface area contributed by atoms with Crippen LogP contribution in [0.1, 0.15) is 38.6 Å². The molecule has 1 atom stereocenters. The monoisotopic (exact) mass is 397 g/mol. The van der Waals surface area contributed by atoms with Crippen molar-refractivity contribution in [2.45, 2.75) is 32.8 Å². The lowest BCUT2D eigenvalue weighted by Gasteiger charge is -2.17. The lowest BCUT2D eigenvalue weighted by molar-refractivity contribution is 0.0495. The molecule has 5 heteroatoms. The van der Waals surface area contributed by atoms with E-state index in [9.17, 15) is 0 Å². The number of anilines is 1. The molecule has 112 valence electrons. The van der Waals surface area contributed by atoms with Gasteiger partial charge in [0.05, 0.1) is 9.26 Å². The van der Waals surface area contributed by atoms with Crippen molar-refractivity contribution in [1.29, 1.82) is 0 Å². The van der Waals surface area contributed by atoms with Crippen LogP contribution >= 0.6 is 22.6 Å². The van der Waals surface area contributed by atoms with E-state index in [0.29, 0.717) is 18.2 Å². The average Bonchev–Trinajstić information content (AvgIpc) is 2.50. The second kappa shape index (κ2) is 7.70. The number of halogens is 1. The van der Waals surface area contributed by atoms with Crippen LogP contribution in [0.15, 0.2) is 30.3 Å². The Labute approximate surface area is 139 Å². The number of ether oxygens (including phenoxy) is 1. The first kappa shape index (κ1) is 16.2. The Morgan fingerprint density at radius 2 is 1.90 bits per heavy atom. The average molecular weight is 397 g/mol. The summed E-state index contributed by atoms with van der Waals surface area (Å²) in [5, 5.41) is 0. The molecule has 0 saturated carbocycles. The van der Waals surface area contributed by atoms with Gasteiger partial charge < -0.3 is 10.5 Å². The molecule has 2 rings (SSSR count). The Balaban J connectivity index is 2.47. The van der Waals surface area contributed by atoms with Crippen LogP contribution in [0.4, 0.5) is 5.82 Å². The van der Waals surface area contributed by atoms with E-state index in [1.165, 1.54) is 0 Å². The van der Waals surface area contributed by atoms with E-state index in [1.54, 1.807) is 0 Å². The van der Waals surface area contributed by atoms with E-state index >= 15 is 0 Å². The van der Waals surface area contributed by atoms with E-state index < -0.39 is 0 Å². The zero-order valence-corrected chi connectivity index (χ0v) is 14.5. The first-order valence-electron chi connectivity index (χ1n) is 7.17. The minimum Gasteiger partial charge on any atom is -0.383 e. The van der Waals surface area contributed by atoms with Crippen LogP contribution in [0.5, 0.6) is 0 Å². The highest BCUT2D eigenvalue weighted by Gasteiger charge is 2.18. The first-order valence-corrected chi connectivity index (χ1v) is 8.25. The van der Waals surface area contributed by atoms with Gasteiger partial charge in [-0.15, -0.1) is 0 Å². The number of aromatic nitrogens is 2. The predicted octanol–water partition coefficient (Wildman–Crippen LogP) is 4.21. The van der Waals surface area contributed by atoms with Gasteiger partial charge in [-0.2, -0.15) is 0 Å². The third-order valence-electron chi connectivity index (χ3n) is 3.15. The van der Waals surface area contributed by atoms with Gasteiger partial charge in [0.1, 0.15) is 11.9 Å². The maximum atomic E-state index is 6.07. The zero-order chi connectivity index (χ0) is 15.2. The number of rotatable bonds is 6. The third kappa shape index (κ3) is 3.91. The molecule has 0 fully saturated rings. The van der Waals surface area contributed by atoms with Crippen molar-refractivity contribution in [3.05, 3.63) is 39.7 Å². The Morgan fingerprint density at radius 1 is 1.19 bits per heavy atom. The summed E-state index contributed by atoms with van der Waals surface area (Å²) in [6, 6.07) is 10.0. The lowest BCUT2D eigenvalue weighted by Crippen LogP contribution is -2.12. The van der Waals surface area contributed by atoms with Gasteiger partial charge in [-0.1, -0.05) is 43.7 Å². The van der Waals surface area contributed by atoms with Gasteiger partial charge in [-0.05, 0) is 35.9 Å². The summed E-state index contributed by atoms with van der Waals surface area (Å²) in [4.78, 5) is 9.15. The van der Waals surface area contributed by atoms with Crippen LogP contribution in [0.25, 0.3) is 11.3 Å². The molecule has 0 saturated heterocycles. The van der Waals surface area contributed by atoms with E-state index in [0.717, 1.165) is 27.7 Å². The van der Waals surface area contributed by atoms with Gasteiger partial charge in [-0.3, -0.25) is 0 Å². The quantitative estimate of drug-likeness (QED) is 0.742. The van der Waals surface area contributed by atoms with Gasteiger partial charge in [-0.25, -0.2) is 9.97 Å². The zero-order valence-electron chi connectivity index (χ0n) is 12.3. The second-order valence-corrected chi connectivity index (χ2v) is 5.81. The highest BCUT2D eigenvalue weighted by Crippen LogP contribution is 2.29. The summed E-state index contributed by atoms with van der Waals surface area (Å²) in [6.07, 6.45) is 1.81. The minimum absolute atomic E-state index is 0.0956. The molecule has 1 aromatic carbocycles. The standard InChI is InChI=1S/C16H20IN3O/c1-3-8-12(21-4-2)16-19-14(13(17)15(18)20-16)11-9-6-5-7-10-11/h5-7,9-10,12H,3-4,8H2,1-2H3,(H2,18,19,20). The Hall–Kier alpha value is -1.21. The summed E-state index contributed by atoms with van der Waals surface area (Å²) in [7, 11) is 0. The van der Waals surface area contributed by atoms with Crippen molar-refractivity contribution in [3.63, 3.8) is 0 Å². The first-order chi connectivity index (χ1) is 10.2. The Kier molecular flexibility index (Phi) is 5.93. The van der Waals surface area contributed by atoms with Crippen molar-refractivity contribution < 1.29 is 4.74 Å². The lowest BCUT2D eigenvalue weighted by atomic mass is 10.1. The molecule has 1 heterocycles. The van der Waals surface area contributed by atoms with E-state index in [4.69, 9.17) is 15.5 Å². The molecule has 0 aliphatic heterocycles. The third-order valence-corrected chi connectivity index (χ3v) is 4.21. The van der Waals surface area contributed by atoms with Crippen LogP contribution in [0, 0.1) is 3.57 Å². The van der Waals surface area contributed by atoms with Crippen molar-refractivity contribution in [3.8, 4) is 11.3 Å². The number of nitrogens with two attached hydrogens (primary N) is 1. The molecule has 1 aromatic heterocycles. The fraction of sp³-hybridized carbons (Fsp3) is 0.375. The highest BCUT2D eigenvalue weighted by molar-refractivity contribution is 14.1. The normalized spacial score (nSPS) is 12.3. The topological polar surface area (TPSA) is 61.0 Å². The molecule has 2 N–H and O–H groups in total. The van der Waals surface area contributed by atoms with Gasteiger partial charge >= 0.3 is 0 Å². The van der Waals surface area contributed by atoms with Crippen LogP contribution in [0.3, 0.4) is 0 Å². The molecule has 0 bridgehead atoms. The highest BCUT2D eigenvalue weighted by atomic mass is 127. The van der Waals surface area contributed by atoms with Gasteiger partial charge in [0.25, 0.3) is 0 Å². The number of hydrogen-bond acceptors (Lipinski definition) is 4. The van der Waals surface area contributed by atoms with Crippen LogP contribution in [0.2, 0.25) is 0 Å². The molecule has 0 radical (unpaired) electrons. The maximum Gasteiger partial charge on any atom is 0.160 e. The van der Waals surface area contributed by atoms with Crippen molar-refractivity contribution in [1.82, 2.24) is 9.97 Å². The summed E-state index contributed by atoms with van der Waals surface area (Å²) in [6.45, 7) is 4.75. The molecule has 0 aliphatic rings. The second-order valence-electron chi connectivity index (χ2n) is 4.73. The minimum atomic E-state index is -0.0956.